The van der Waals surface area contributed by atoms with E-state index in [4.69, 9.17) is 0 Å². The third-order valence-electron chi connectivity index (χ3n) is 3.84. The zero-order valence-corrected chi connectivity index (χ0v) is 15.3. The molecule has 1 aliphatic rings. The summed E-state index contributed by atoms with van der Waals surface area (Å²) < 4.78 is 53.3. The van der Waals surface area contributed by atoms with E-state index in [1.165, 1.54) is 0 Å². The van der Waals surface area contributed by atoms with Crippen LogP contribution >= 0.6 is 11.8 Å². The monoisotopic (exact) mass is 383 g/mol. The van der Waals surface area contributed by atoms with Crippen LogP contribution in [0.1, 0.15) is 43.4 Å². The van der Waals surface area contributed by atoms with Gasteiger partial charge in [-0.25, -0.2) is 14.4 Å². The highest BCUT2D eigenvalue weighted by Crippen LogP contribution is 2.41. The van der Waals surface area contributed by atoms with Gasteiger partial charge in [-0.05, 0) is 18.2 Å². The number of aliphatic imine (C=N–C) groups is 1. The molecule has 0 unspecified atom stereocenters. The van der Waals surface area contributed by atoms with E-state index >= 15 is 0 Å². The summed E-state index contributed by atoms with van der Waals surface area (Å²) in [6, 6.07) is 2.68. The number of aromatic nitrogens is 2. The van der Waals surface area contributed by atoms with Crippen molar-refractivity contribution in [2.45, 2.75) is 55.2 Å². The SMILES string of the molecule is CC(C)(C)c1nc2c(c(Sc3ccc(F)cc3C(F)(F)F)n1)CC=NC2. The average molecular weight is 383 g/mol. The number of fused-ring (bicyclic) bond motifs is 1. The first-order chi connectivity index (χ1) is 12.1. The van der Waals surface area contributed by atoms with E-state index in [0.29, 0.717) is 29.9 Å². The fraction of sp³-hybridized carbons (Fsp3) is 0.389. The van der Waals surface area contributed by atoms with Gasteiger partial charge in [-0.2, -0.15) is 13.2 Å². The fourth-order valence-electron chi connectivity index (χ4n) is 2.49. The molecule has 8 heteroatoms. The van der Waals surface area contributed by atoms with Crippen molar-refractivity contribution in [3.05, 3.63) is 46.7 Å². The number of nitrogens with zero attached hydrogens (tertiary/aromatic N) is 3. The number of rotatable bonds is 2. The van der Waals surface area contributed by atoms with Gasteiger partial charge in [-0.1, -0.05) is 32.5 Å². The molecule has 0 saturated carbocycles. The van der Waals surface area contributed by atoms with Gasteiger partial charge >= 0.3 is 6.18 Å². The lowest BCUT2D eigenvalue weighted by atomic mass is 9.95. The molecule has 0 N–H and O–H groups in total. The summed E-state index contributed by atoms with van der Waals surface area (Å²) in [6.07, 6.45) is -2.47. The van der Waals surface area contributed by atoms with Gasteiger partial charge in [0.15, 0.2) is 0 Å². The van der Waals surface area contributed by atoms with Gasteiger partial charge < -0.3 is 0 Å². The molecular weight excluding hydrogens is 366 g/mol. The molecule has 0 radical (unpaired) electrons. The molecule has 0 saturated heterocycles. The molecule has 138 valence electrons. The van der Waals surface area contributed by atoms with Gasteiger partial charge in [-0.3, -0.25) is 4.99 Å². The third kappa shape index (κ3) is 3.90. The van der Waals surface area contributed by atoms with Gasteiger partial charge in [0.05, 0.1) is 17.8 Å². The lowest BCUT2D eigenvalue weighted by Gasteiger charge is -2.22. The number of alkyl halides is 3. The summed E-state index contributed by atoms with van der Waals surface area (Å²) in [6.45, 7) is 6.20. The van der Waals surface area contributed by atoms with Crippen LogP contribution in [0.25, 0.3) is 0 Å². The van der Waals surface area contributed by atoms with Crippen molar-refractivity contribution in [2.75, 3.05) is 0 Å². The number of hydrogen-bond acceptors (Lipinski definition) is 4. The van der Waals surface area contributed by atoms with Crippen molar-refractivity contribution >= 4 is 18.0 Å². The van der Waals surface area contributed by atoms with E-state index in [1.54, 1.807) is 6.21 Å². The highest BCUT2D eigenvalue weighted by Gasteiger charge is 2.35. The summed E-state index contributed by atoms with van der Waals surface area (Å²) in [4.78, 5) is 13.2. The van der Waals surface area contributed by atoms with Crippen LogP contribution in [0.3, 0.4) is 0 Å². The molecular formula is C18H17F4N3S. The van der Waals surface area contributed by atoms with Crippen LogP contribution in [0.15, 0.2) is 33.1 Å². The van der Waals surface area contributed by atoms with E-state index in [0.717, 1.165) is 35.2 Å². The van der Waals surface area contributed by atoms with E-state index in [1.807, 2.05) is 20.8 Å². The van der Waals surface area contributed by atoms with Crippen LogP contribution in [0.4, 0.5) is 17.6 Å². The van der Waals surface area contributed by atoms with Gasteiger partial charge in [0, 0.05) is 28.5 Å². The molecule has 0 spiro atoms. The van der Waals surface area contributed by atoms with Gasteiger partial charge in [0.1, 0.15) is 16.7 Å². The summed E-state index contributed by atoms with van der Waals surface area (Å²) in [5.74, 6) is -0.375. The highest BCUT2D eigenvalue weighted by atomic mass is 32.2. The van der Waals surface area contributed by atoms with Gasteiger partial charge in [0.2, 0.25) is 0 Å². The fourth-order valence-corrected chi connectivity index (χ4v) is 3.57. The smallest absolute Gasteiger partial charge is 0.291 e. The predicted octanol–water partition coefficient (Wildman–Crippen LogP) is 5.21. The second-order valence-corrected chi connectivity index (χ2v) is 8.03. The Labute approximate surface area is 153 Å². The molecule has 1 aromatic carbocycles. The summed E-state index contributed by atoms with van der Waals surface area (Å²) in [5.41, 5.74) is 0.138. The van der Waals surface area contributed by atoms with Crippen molar-refractivity contribution in [3.8, 4) is 0 Å². The molecule has 3 nitrogen and oxygen atoms in total. The first-order valence-electron chi connectivity index (χ1n) is 7.99. The maximum absolute atomic E-state index is 13.4. The van der Waals surface area contributed by atoms with Crippen molar-refractivity contribution < 1.29 is 17.6 Å². The standard InChI is InChI=1S/C18H17F4N3S/c1-17(2,3)16-24-13-9-23-7-6-11(13)15(25-16)26-14-5-4-10(19)8-12(14)18(20,21)22/h4-5,7-8H,6,9H2,1-3H3. The molecule has 0 bridgehead atoms. The molecule has 2 aromatic rings. The molecule has 0 atom stereocenters. The molecule has 3 rings (SSSR count). The first kappa shape index (κ1) is 18.8. The zero-order chi connectivity index (χ0) is 19.1. The summed E-state index contributed by atoms with van der Waals surface area (Å²) in [5, 5.41) is 0.461. The molecule has 0 fully saturated rings. The molecule has 1 aliphatic heterocycles. The van der Waals surface area contributed by atoms with E-state index < -0.39 is 17.6 Å². The Balaban J connectivity index is 2.11. The van der Waals surface area contributed by atoms with Gasteiger partial charge in [-0.15, -0.1) is 0 Å². The number of hydrogen-bond donors (Lipinski definition) is 0. The van der Waals surface area contributed by atoms with E-state index in [-0.39, 0.29) is 10.3 Å². The molecule has 0 aliphatic carbocycles. The van der Waals surface area contributed by atoms with Gasteiger partial charge in [0.25, 0.3) is 0 Å². The summed E-state index contributed by atoms with van der Waals surface area (Å²) >= 11 is 0.895. The van der Waals surface area contributed by atoms with Crippen molar-refractivity contribution in [3.63, 3.8) is 0 Å². The molecule has 0 amide bonds. The second-order valence-electron chi connectivity index (χ2n) is 7.00. The maximum Gasteiger partial charge on any atom is 0.417 e. The minimum absolute atomic E-state index is 0.0813. The molecule has 1 aromatic heterocycles. The highest BCUT2D eigenvalue weighted by molar-refractivity contribution is 7.99. The topological polar surface area (TPSA) is 38.1 Å². The third-order valence-corrected chi connectivity index (χ3v) is 4.95. The number of halogens is 4. The van der Waals surface area contributed by atoms with Crippen LogP contribution in [-0.2, 0) is 24.6 Å². The second kappa shape index (κ2) is 6.64. The zero-order valence-electron chi connectivity index (χ0n) is 14.5. The minimum Gasteiger partial charge on any atom is -0.291 e. The largest absolute Gasteiger partial charge is 0.417 e. The van der Waals surface area contributed by atoms with Crippen LogP contribution in [-0.4, -0.2) is 16.2 Å². The van der Waals surface area contributed by atoms with Crippen LogP contribution in [0, 0.1) is 5.82 Å². The van der Waals surface area contributed by atoms with Crippen molar-refractivity contribution in [1.29, 1.82) is 0 Å². The lowest BCUT2D eigenvalue weighted by Crippen LogP contribution is -2.20. The Bertz CT molecular complexity index is 870. The van der Waals surface area contributed by atoms with E-state index in [2.05, 4.69) is 15.0 Å². The Morgan fingerprint density at radius 2 is 1.81 bits per heavy atom. The van der Waals surface area contributed by atoms with Crippen molar-refractivity contribution in [2.24, 2.45) is 4.99 Å². The Kier molecular flexibility index (Phi) is 4.81. The van der Waals surface area contributed by atoms with Crippen LogP contribution < -0.4 is 0 Å². The first-order valence-corrected chi connectivity index (χ1v) is 8.80. The maximum atomic E-state index is 13.4. The lowest BCUT2D eigenvalue weighted by molar-refractivity contribution is -0.139. The predicted molar refractivity (Wildman–Crippen MR) is 92.2 cm³/mol. The minimum atomic E-state index is -4.65. The van der Waals surface area contributed by atoms with Crippen molar-refractivity contribution in [1.82, 2.24) is 9.97 Å². The normalized spacial score (nSPS) is 14.4. The molecule has 2 heterocycles. The van der Waals surface area contributed by atoms with E-state index in [9.17, 15) is 17.6 Å². The van der Waals surface area contributed by atoms with Crippen LogP contribution in [0.2, 0.25) is 0 Å². The Morgan fingerprint density at radius 3 is 2.46 bits per heavy atom. The summed E-state index contributed by atoms with van der Waals surface area (Å²) in [7, 11) is 0. The Morgan fingerprint density at radius 1 is 1.08 bits per heavy atom. The van der Waals surface area contributed by atoms with Crippen LogP contribution in [0.5, 0.6) is 0 Å². The quantitative estimate of drug-likeness (QED) is 0.528. The number of benzene rings is 1. The Hall–Kier alpha value is -1.96. The average Bonchev–Trinajstić information content (AvgIpc) is 2.54. The molecule has 26 heavy (non-hydrogen) atoms.